The molecule has 0 aliphatic heterocycles. The normalized spacial score (nSPS) is 12.8. The highest BCUT2D eigenvalue weighted by Crippen LogP contribution is 2.58. The first-order valence-electron chi connectivity index (χ1n) is 12.6. The van der Waals surface area contributed by atoms with E-state index < -0.39 is 5.41 Å². The number of rotatable bonds is 4. The minimum absolute atomic E-state index is 0.522. The van der Waals surface area contributed by atoms with Crippen molar-refractivity contribution in [2.75, 3.05) is 0 Å². The molecule has 0 N–H and O–H groups in total. The van der Waals surface area contributed by atoms with Gasteiger partial charge in [-0.3, -0.25) is 0 Å². The van der Waals surface area contributed by atoms with Gasteiger partial charge in [0.2, 0.25) is 0 Å². The van der Waals surface area contributed by atoms with E-state index in [1.165, 1.54) is 22.3 Å². The Morgan fingerprint density at radius 3 is 1.26 bits per heavy atom. The fourth-order valence-electron chi connectivity index (χ4n) is 6.45. The average Bonchev–Trinajstić information content (AvgIpc) is 3.28. The van der Waals surface area contributed by atoms with Gasteiger partial charge in [-0.25, -0.2) is 0 Å². The average molecular weight is 501 g/mol. The van der Waals surface area contributed by atoms with Gasteiger partial charge in [-0.05, 0) is 56.3 Å². The lowest BCUT2D eigenvalue weighted by Gasteiger charge is -2.36. The van der Waals surface area contributed by atoms with E-state index in [-0.39, 0.29) is 0 Å². The Balaban J connectivity index is 1.71. The van der Waals surface area contributed by atoms with Crippen molar-refractivity contribution in [1.82, 2.24) is 0 Å². The van der Waals surface area contributed by atoms with Crippen LogP contribution in [0.1, 0.15) is 22.3 Å². The first-order valence-corrected chi connectivity index (χ1v) is 12.6. The summed E-state index contributed by atoms with van der Waals surface area (Å²) >= 11 is 0. The van der Waals surface area contributed by atoms with Crippen molar-refractivity contribution in [2.45, 2.75) is 5.41 Å². The molecular formula is C35H20N2O2. The second-order valence-corrected chi connectivity index (χ2v) is 9.54. The molecule has 4 nitrogen and oxygen atoms in total. The van der Waals surface area contributed by atoms with Gasteiger partial charge >= 0.3 is 0 Å². The summed E-state index contributed by atoms with van der Waals surface area (Å²) in [4.78, 5) is 0. The smallest absolute Gasteiger partial charge is 0.292 e. The number of hydrogen-bond acceptors (Lipinski definition) is 4. The molecule has 39 heavy (non-hydrogen) atoms. The van der Waals surface area contributed by atoms with Gasteiger partial charge in [0.05, 0.1) is 5.41 Å². The van der Waals surface area contributed by atoms with Crippen LogP contribution in [0.5, 0.6) is 11.5 Å². The first kappa shape index (κ1) is 22.6. The highest BCUT2D eigenvalue weighted by molar-refractivity contribution is 6.01. The quantitative estimate of drug-likeness (QED) is 0.229. The van der Waals surface area contributed by atoms with Gasteiger partial charge in [0.1, 0.15) is 11.5 Å². The Bertz CT molecular complexity index is 1870. The Morgan fingerprint density at radius 2 is 0.795 bits per heavy atom. The van der Waals surface area contributed by atoms with Crippen molar-refractivity contribution in [3.8, 4) is 35.1 Å². The van der Waals surface area contributed by atoms with Crippen LogP contribution in [0.2, 0.25) is 0 Å². The van der Waals surface area contributed by atoms with E-state index >= 15 is 0 Å². The second-order valence-electron chi connectivity index (χ2n) is 9.54. The maximum atomic E-state index is 9.33. The van der Waals surface area contributed by atoms with Crippen LogP contribution in [0.3, 0.4) is 0 Å². The SMILES string of the molecule is N#COc1cccc2c(C3(c4cccc5c(OC#N)cccc45)c4ccccc4-c4ccccc43)cccc12. The molecule has 0 saturated heterocycles. The predicted octanol–water partition coefficient (Wildman–Crippen LogP) is 8.08. The molecule has 0 fully saturated rings. The second kappa shape index (κ2) is 8.77. The fraction of sp³-hybridized carbons (Fsp3) is 0.0286. The summed E-state index contributed by atoms with van der Waals surface area (Å²) in [5, 5.41) is 22.4. The first-order chi connectivity index (χ1) is 19.3. The molecule has 6 aromatic rings. The summed E-state index contributed by atoms with van der Waals surface area (Å²) in [6, 6.07) is 41.2. The third-order valence-electron chi connectivity index (χ3n) is 7.84. The van der Waals surface area contributed by atoms with Gasteiger partial charge in [0.25, 0.3) is 12.5 Å². The van der Waals surface area contributed by atoms with Gasteiger partial charge in [0, 0.05) is 10.8 Å². The monoisotopic (exact) mass is 500 g/mol. The van der Waals surface area contributed by atoms with Crippen molar-refractivity contribution in [3.63, 3.8) is 0 Å². The number of fused-ring (bicyclic) bond motifs is 5. The highest BCUT2D eigenvalue weighted by atomic mass is 16.5. The number of nitriles is 2. The minimum atomic E-state index is -0.692. The van der Waals surface area contributed by atoms with Gasteiger partial charge in [0.15, 0.2) is 0 Å². The van der Waals surface area contributed by atoms with Crippen molar-refractivity contribution in [2.24, 2.45) is 0 Å². The van der Waals surface area contributed by atoms with Crippen LogP contribution >= 0.6 is 0 Å². The molecule has 0 atom stereocenters. The summed E-state index contributed by atoms with van der Waals surface area (Å²) in [5.74, 6) is 1.04. The molecule has 0 aromatic heterocycles. The van der Waals surface area contributed by atoms with Crippen LogP contribution < -0.4 is 9.47 Å². The molecule has 0 bridgehead atoms. The van der Waals surface area contributed by atoms with Gasteiger partial charge in [-0.15, -0.1) is 10.5 Å². The summed E-state index contributed by atoms with van der Waals surface area (Å²) < 4.78 is 10.8. The molecule has 1 aliphatic carbocycles. The topological polar surface area (TPSA) is 66.0 Å². The van der Waals surface area contributed by atoms with Crippen LogP contribution in [-0.2, 0) is 5.41 Å². The number of ether oxygens (including phenoxy) is 2. The lowest BCUT2D eigenvalue weighted by Crippen LogP contribution is -2.29. The molecule has 0 saturated carbocycles. The minimum Gasteiger partial charge on any atom is -0.387 e. The molecule has 1 aliphatic rings. The third kappa shape index (κ3) is 3.10. The third-order valence-corrected chi connectivity index (χ3v) is 7.84. The molecular weight excluding hydrogens is 480 g/mol. The Morgan fingerprint density at radius 1 is 0.410 bits per heavy atom. The van der Waals surface area contributed by atoms with E-state index in [0.717, 1.165) is 32.7 Å². The van der Waals surface area contributed by atoms with E-state index in [1.54, 1.807) is 0 Å². The van der Waals surface area contributed by atoms with Crippen LogP contribution in [-0.4, -0.2) is 0 Å². The molecule has 0 heterocycles. The van der Waals surface area contributed by atoms with E-state index in [2.05, 4.69) is 72.8 Å². The maximum absolute atomic E-state index is 9.33. The Hall–Kier alpha value is -5.58. The van der Waals surface area contributed by atoms with Crippen LogP contribution in [0, 0.1) is 23.0 Å². The van der Waals surface area contributed by atoms with E-state index in [9.17, 15) is 10.5 Å². The van der Waals surface area contributed by atoms with Gasteiger partial charge < -0.3 is 9.47 Å². The van der Waals surface area contributed by atoms with Crippen LogP contribution in [0.4, 0.5) is 0 Å². The number of nitrogens with zero attached hydrogens (tertiary/aromatic N) is 2. The van der Waals surface area contributed by atoms with E-state index in [1.807, 2.05) is 61.0 Å². The lowest BCUT2D eigenvalue weighted by molar-refractivity contribution is 0.513. The summed E-state index contributed by atoms with van der Waals surface area (Å²) in [6.07, 6.45) is 3.68. The van der Waals surface area contributed by atoms with Crippen molar-refractivity contribution >= 4 is 21.5 Å². The van der Waals surface area contributed by atoms with Crippen molar-refractivity contribution in [3.05, 3.63) is 144 Å². The summed E-state index contributed by atoms with van der Waals surface area (Å²) in [6.45, 7) is 0. The zero-order valence-corrected chi connectivity index (χ0v) is 20.8. The summed E-state index contributed by atoms with van der Waals surface area (Å²) in [5.41, 5.74) is 6.17. The Kier molecular flexibility index (Phi) is 5.08. The standard InChI is InChI=1S/C35H20N2O2/c36-21-38-33-19-7-11-25-27(33)13-5-17-31(25)35(29-15-3-1-9-23(29)24-10-2-4-16-30(24)35)32-18-6-14-28-26(32)12-8-20-34(28)39-22-37/h1-20H. The fourth-order valence-corrected chi connectivity index (χ4v) is 6.45. The van der Waals surface area contributed by atoms with Crippen LogP contribution in [0.25, 0.3) is 32.7 Å². The molecule has 7 rings (SSSR count). The summed E-state index contributed by atoms with van der Waals surface area (Å²) in [7, 11) is 0. The molecule has 0 unspecified atom stereocenters. The largest absolute Gasteiger partial charge is 0.387 e. The van der Waals surface area contributed by atoms with E-state index in [0.29, 0.717) is 11.5 Å². The molecule has 0 amide bonds. The zero-order valence-electron chi connectivity index (χ0n) is 20.8. The molecule has 182 valence electrons. The highest BCUT2D eigenvalue weighted by Gasteiger charge is 2.47. The Labute approximate surface area is 225 Å². The van der Waals surface area contributed by atoms with Crippen molar-refractivity contribution < 1.29 is 9.47 Å². The zero-order chi connectivity index (χ0) is 26.4. The molecule has 0 radical (unpaired) electrons. The van der Waals surface area contributed by atoms with Gasteiger partial charge in [-0.1, -0.05) is 109 Å². The number of hydrogen-bond donors (Lipinski definition) is 0. The molecule has 6 aromatic carbocycles. The van der Waals surface area contributed by atoms with Gasteiger partial charge in [-0.2, -0.15) is 0 Å². The van der Waals surface area contributed by atoms with Crippen LogP contribution in [0.15, 0.2) is 121 Å². The van der Waals surface area contributed by atoms with Crippen molar-refractivity contribution in [1.29, 1.82) is 10.5 Å². The lowest BCUT2D eigenvalue weighted by atomic mass is 9.65. The molecule has 0 spiro atoms. The van der Waals surface area contributed by atoms with E-state index in [4.69, 9.17) is 9.47 Å². The predicted molar refractivity (Wildman–Crippen MR) is 151 cm³/mol. The molecule has 4 heteroatoms. The number of benzene rings is 6. The maximum Gasteiger partial charge on any atom is 0.292 e.